The molecule has 0 bridgehead atoms. The molecule has 0 saturated heterocycles. The molecule has 0 unspecified atom stereocenters. The highest BCUT2D eigenvalue weighted by Gasteiger charge is 2.06. The summed E-state index contributed by atoms with van der Waals surface area (Å²) in [6.07, 6.45) is 0. The van der Waals surface area contributed by atoms with Gasteiger partial charge in [0.1, 0.15) is 0 Å². The van der Waals surface area contributed by atoms with E-state index in [0.29, 0.717) is 0 Å². The van der Waals surface area contributed by atoms with Crippen LogP contribution >= 0.6 is 35.3 Å². The van der Waals surface area contributed by atoms with Gasteiger partial charge in [-0.1, -0.05) is 13.8 Å². The minimum Gasteiger partial charge on any atom is -0.355 e. The van der Waals surface area contributed by atoms with E-state index in [9.17, 15) is 0 Å². The van der Waals surface area contributed by atoms with Gasteiger partial charge in [-0.25, -0.2) is 4.98 Å². The number of nitrogens with one attached hydrogen (secondary N) is 2. The van der Waals surface area contributed by atoms with Crippen LogP contribution in [0.3, 0.4) is 0 Å². The molecule has 0 spiro atoms. The molecule has 1 rings (SSSR count). The zero-order chi connectivity index (χ0) is 15.0. The average Bonchev–Trinajstić information content (AvgIpc) is 2.76. The minimum absolute atomic E-state index is 0. The fourth-order valence-electron chi connectivity index (χ4n) is 1.99. The van der Waals surface area contributed by atoms with E-state index in [2.05, 4.69) is 46.3 Å². The lowest BCUT2D eigenvalue weighted by Crippen LogP contribution is -2.41. The molecule has 0 radical (unpaired) electrons. The number of aliphatic imine (C=N–C) groups is 1. The normalized spacial score (nSPS) is 11.4. The minimum atomic E-state index is 0. The van der Waals surface area contributed by atoms with E-state index in [0.717, 1.165) is 49.4 Å². The maximum atomic E-state index is 4.43. The summed E-state index contributed by atoms with van der Waals surface area (Å²) < 4.78 is 0. The molecule has 0 aliphatic carbocycles. The van der Waals surface area contributed by atoms with Crippen LogP contribution in [0.15, 0.2) is 4.99 Å². The molecule has 21 heavy (non-hydrogen) atoms. The number of thiazole rings is 1. The van der Waals surface area contributed by atoms with Gasteiger partial charge in [0.2, 0.25) is 0 Å². The first-order valence-electron chi connectivity index (χ1n) is 7.20. The lowest BCUT2D eigenvalue weighted by Gasteiger charge is -2.19. The van der Waals surface area contributed by atoms with E-state index in [4.69, 9.17) is 0 Å². The van der Waals surface area contributed by atoms with Gasteiger partial charge < -0.3 is 15.5 Å². The highest BCUT2D eigenvalue weighted by atomic mass is 127. The quantitative estimate of drug-likeness (QED) is 0.400. The van der Waals surface area contributed by atoms with E-state index in [-0.39, 0.29) is 24.0 Å². The smallest absolute Gasteiger partial charge is 0.191 e. The number of nitrogens with zero attached hydrogens (tertiary/aromatic N) is 3. The van der Waals surface area contributed by atoms with Gasteiger partial charge in [-0.3, -0.25) is 4.99 Å². The van der Waals surface area contributed by atoms with E-state index < -0.39 is 0 Å². The van der Waals surface area contributed by atoms with Gasteiger partial charge in [-0.05, 0) is 26.9 Å². The van der Waals surface area contributed by atoms with Crippen LogP contribution in [0.1, 0.15) is 29.4 Å². The number of halogens is 1. The van der Waals surface area contributed by atoms with Crippen molar-refractivity contribution < 1.29 is 0 Å². The zero-order valence-electron chi connectivity index (χ0n) is 13.7. The lowest BCUT2D eigenvalue weighted by atomic mass is 10.4. The summed E-state index contributed by atoms with van der Waals surface area (Å²) in [5.41, 5.74) is 1.11. The monoisotopic (exact) mass is 425 g/mol. The second kappa shape index (κ2) is 11.2. The summed E-state index contributed by atoms with van der Waals surface area (Å²) >= 11 is 1.74. The molecule has 0 fully saturated rings. The predicted octanol–water partition coefficient (Wildman–Crippen LogP) is 2.38. The van der Waals surface area contributed by atoms with E-state index in [1.165, 1.54) is 4.88 Å². The third kappa shape index (κ3) is 7.42. The first-order chi connectivity index (χ1) is 9.60. The Kier molecular flexibility index (Phi) is 11.0. The number of aromatic nitrogens is 1. The molecular formula is C14H28IN5S. The summed E-state index contributed by atoms with van der Waals surface area (Å²) in [7, 11) is 1.80. The number of guanidine groups is 1. The summed E-state index contributed by atoms with van der Waals surface area (Å²) in [4.78, 5) is 12.3. The summed E-state index contributed by atoms with van der Waals surface area (Å²) in [6.45, 7) is 13.4. The summed E-state index contributed by atoms with van der Waals surface area (Å²) in [5, 5.41) is 7.80. The summed E-state index contributed by atoms with van der Waals surface area (Å²) in [5.74, 6) is 0.850. The highest BCUT2D eigenvalue weighted by Crippen LogP contribution is 2.16. The van der Waals surface area contributed by atoms with Crippen molar-refractivity contribution in [2.24, 2.45) is 4.99 Å². The van der Waals surface area contributed by atoms with Crippen molar-refractivity contribution in [3.63, 3.8) is 0 Å². The van der Waals surface area contributed by atoms with Gasteiger partial charge in [0, 0.05) is 25.0 Å². The van der Waals surface area contributed by atoms with Crippen LogP contribution in [-0.2, 0) is 6.54 Å². The van der Waals surface area contributed by atoms with Crippen molar-refractivity contribution in [3.8, 4) is 0 Å². The molecule has 0 aliphatic heterocycles. The van der Waals surface area contributed by atoms with E-state index in [1.54, 1.807) is 18.4 Å². The van der Waals surface area contributed by atoms with Crippen LogP contribution < -0.4 is 10.6 Å². The van der Waals surface area contributed by atoms with Crippen molar-refractivity contribution in [1.82, 2.24) is 20.5 Å². The molecular weight excluding hydrogens is 397 g/mol. The zero-order valence-corrected chi connectivity index (χ0v) is 16.8. The number of aryl methyl sites for hydroxylation is 2. The molecule has 5 nitrogen and oxygen atoms in total. The van der Waals surface area contributed by atoms with Crippen molar-refractivity contribution in [3.05, 3.63) is 15.6 Å². The van der Waals surface area contributed by atoms with Gasteiger partial charge >= 0.3 is 0 Å². The number of rotatable bonds is 7. The molecule has 1 aromatic heterocycles. The molecule has 7 heteroatoms. The lowest BCUT2D eigenvalue weighted by molar-refractivity contribution is 0.308. The average molecular weight is 425 g/mol. The number of hydrogen-bond acceptors (Lipinski definition) is 4. The Hall–Kier alpha value is -0.410. The van der Waals surface area contributed by atoms with Crippen molar-refractivity contribution in [2.45, 2.75) is 34.2 Å². The van der Waals surface area contributed by atoms with Gasteiger partial charge in [0.25, 0.3) is 0 Å². The molecule has 0 atom stereocenters. The van der Waals surface area contributed by atoms with E-state index in [1.807, 2.05) is 6.92 Å². The first kappa shape index (κ1) is 20.6. The summed E-state index contributed by atoms with van der Waals surface area (Å²) in [6, 6.07) is 0. The van der Waals surface area contributed by atoms with Crippen LogP contribution in [-0.4, -0.2) is 49.1 Å². The Bertz CT molecular complexity index is 429. The Morgan fingerprint density at radius 1 is 1.24 bits per heavy atom. The predicted molar refractivity (Wildman–Crippen MR) is 103 cm³/mol. The maximum absolute atomic E-state index is 4.43. The largest absolute Gasteiger partial charge is 0.355 e. The fraction of sp³-hybridized carbons (Fsp3) is 0.714. The highest BCUT2D eigenvalue weighted by molar-refractivity contribution is 14.0. The van der Waals surface area contributed by atoms with Gasteiger partial charge in [0.15, 0.2) is 5.96 Å². The van der Waals surface area contributed by atoms with Crippen molar-refractivity contribution in [2.75, 3.05) is 33.2 Å². The Morgan fingerprint density at radius 2 is 1.90 bits per heavy atom. The molecule has 1 aromatic rings. The molecule has 2 N–H and O–H groups in total. The van der Waals surface area contributed by atoms with Gasteiger partial charge in [0.05, 0.1) is 17.2 Å². The molecule has 0 aromatic carbocycles. The van der Waals surface area contributed by atoms with Crippen LogP contribution in [0.2, 0.25) is 0 Å². The third-order valence-electron chi connectivity index (χ3n) is 3.25. The second-order valence-corrected chi connectivity index (χ2v) is 5.91. The van der Waals surface area contributed by atoms with Crippen LogP contribution in [0, 0.1) is 13.8 Å². The SMILES string of the molecule is CCN(CC)CCNC(=NC)NCc1sc(C)nc1C.I. The second-order valence-electron chi connectivity index (χ2n) is 4.62. The number of hydrogen-bond donors (Lipinski definition) is 2. The molecule has 1 heterocycles. The Balaban J connectivity index is 0.00000400. The van der Waals surface area contributed by atoms with Gasteiger partial charge in [-0.2, -0.15) is 0 Å². The topological polar surface area (TPSA) is 52.5 Å². The van der Waals surface area contributed by atoms with Crippen molar-refractivity contribution >= 4 is 41.3 Å². The van der Waals surface area contributed by atoms with Gasteiger partial charge in [-0.15, -0.1) is 35.3 Å². The maximum Gasteiger partial charge on any atom is 0.191 e. The van der Waals surface area contributed by atoms with E-state index >= 15 is 0 Å². The first-order valence-corrected chi connectivity index (χ1v) is 8.02. The molecule has 122 valence electrons. The van der Waals surface area contributed by atoms with Crippen molar-refractivity contribution in [1.29, 1.82) is 0 Å². The fourth-order valence-corrected chi connectivity index (χ4v) is 2.87. The molecule has 0 amide bonds. The van der Waals surface area contributed by atoms with Crippen LogP contribution in [0.4, 0.5) is 0 Å². The number of likely N-dealkylation sites (N-methyl/N-ethyl adjacent to an activating group) is 1. The Morgan fingerprint density at radius 3 is 2.38 bits per heavy atom. The molecule has 0 saturated carbocycles. The third-order valence-corrected chi connectivity index (χ3v) is 4.33. The van der Waals surface area contributed by atoms with Crippen LogP contribution in [0.5, 0.6) is 0 Å². The molecule has 0 aliphatic rings. The standard InChI is InChI=1S/C14H27N5S.HI/c1-6-19(7-2)9-8-16-14(15-5)17-10-13-11(3)18-12(4)20-13;/h6-10H2,1-5H3,(H2,15,16,17);1H. The van der Waals surface area contributed by atoms with Crippen LogP contribution in [0.25, 0.3) is 0 Å². The Labute approximate surface area is 149 Å².